The van der Waals surface area contributed by atoms with Crippen LogP contribution >= 0.6 is 0 Å². The number of hydrogen-bond acceptors (Lipinski definition) is 0. The van der Waals surface area contributed by atoms with Gasteiger partial charge in [0, 0.05) is 0 Å². The molecular weight excluding hydrogens is 613 g/mol. The first-order valence-electron chi connectivity index (χ1n) is 5.66. The van der Waals surface area contributed by atoms with E-state index >= 15 is 0 Å². The zero-order valence-electron chi connectivity index (χ0n) is 18.0. The third-order valence-corrected chi connectivity index (χ3v) is 0. The monoisotopic (exact) mass is 656 g/mol. The summed E-state index contributed by atoms with van der Waals surface area (Å²) in [6.07, 6.45) is 0. The van der Waals surface area contributed by atoms with Crippen LogP contribution in [0.2, 0.25) is 0 Å². The molecule has 148 valence electrons. The molecule has 0 aromatic heterocycles. The van der Waals surface area contributed by atoms with Crippen LogP contribution in [0.1, 0.15) is 55.4 Å². The van der Waals surface area contributed by atoms with Gasteiger partial charge in [0.05, 0.1) is 0 Å². The van der Waals surface area contributed by atoms with Crippen LogP contribution in [0.4, 0.5) is 0 Å². The van der Waals surface area contributed by atoms with Gasteiger partial charge in [0.1, 0.15) is 0 Å². The molecule has 0 unspecified atom stereocenters. The van der Waals surface area contributed by atoms with Crippen LogP contribution in [-0.4, -0.2) is 0 Å². The van der Waals surface area contributed by atoms with E-state index in [1.54, 1.807) is 55.4 Å². The summed E-state index contributed by atoms with van der Waals surface area (Å²) < 4.78 is 0. The maximum Gasteiger partial charge on any atom is 3.00 e. The van der Waals surface area contributed by atoms with E-state index in [1.165, 1.54) is 0 Å². The minimum Gasteiger partial charge on any atom is -0.693 e. The quantitative estimate of drug-likeness (QED) is 0.229. The standard InChI is InChI=1S/8C2H5.4H2N.4Zr/c8*1-2;;;;;;;;/h8*1H2,2H3;4*1H2;;;;/q12*-1;4*+3. The molecule has 0 atom stereocenters. The zero-order chi connectivity index (χ0) is 16.0. The molecule has 4 radical (unpaired) electrons. The van der Waals surface area contributed by atoms with Crippen molar-refractivity contribution in [1.29, 1.82) is 0 Å². The average molecular weight is 661 g/mol. The Morgan fingerprint density at radius 3 is 0.208 bits per heavy atom. The summed E-state index contributed by atoms with van der Waals surface area (Å²) in [5.41, 5.74) is 0. The van der Waals surface area contributed by atoms with E-state index in [4.69, 9.17) is 0 Å². The molecule has 8 N–H and O–H groups in total. The topological polar surface area (TPSA) is 134 Å². The molecule has 0 rings (SSSR count). The molecule has 8 heteroatoms. The summed E-state index contributed by atoms with van der Waals surface area (Å²) in [4.78, 5) is 0. The minimum absolute atomic E-state index is 0. The van der Waals surface area contributed by atoms with Gasteiger partial charge < -0.3 is 80.0 Å². The molecule has 0 saturated heterocycles. The van der Waals surface area contributed by atoms with Crippen molar-refractivity contribution in [1.82, 2.24) is 0 Å². The molecule has 0 amide bonds. The third kappa shape index (κ3) is 1330. The second-order valence-corrected chi connectivity index (χ2v) is 0. The first-order chi connectivity index (χ1) is 8.00. The Bertz CT molecular complexity index is 30.0. The molecule has 0 spiro atoms. The first kappa shape index (κ1) is 147. The van der Waals surface area contributed by atoms with Crippen LogP contribution in [0.3, 0.4) is 0 Å². The second kappa shape index (κ2) is 1490. The molecule has 0 heterocycles. The van der Waals surface area contributed by atoms with Gasteiger partial charge in [0.15, 0.2) is 0 Å². The Labute approximate surface area is 237 Å². The van der Waals surface area contributed by atoms with Crippen molar-refractivity contribution in [3.8, 4) is 0 Å². The predicted octanol–water partition coefficient (Wildman–Crippen LogP) is 9.58. The number of rotatable bonds is 0. The predicted molar refractivity (Wildman–Crippen MR) is 109 cm³/mol. The van der Waals surface area contributed by atoms with Crippen molar-refractivity contribution in [3.63, 3.8) is 0 Å². The van der Waals surface area contributed by atoms with Crippen LogP contribution in [-0.2, 0) is 105 Å². The molecule has 24 heavy (non-hydrogen) atoms. The summed E-state index contributed by atoms with van der Waals surface area (Å²) in [5.74, 6) is 0. The molecule has 0 fully saturated rings. The van der Waals surface area contributed by atoms with Crippen molar-refractivity contribution in [2.45, 2.75) is 55.4 Å². The molecule has 0 aromatic carbocycles. The Kier molecular flexibility index (Phi) is 9160. The van der Waals surface area contributed by atoms with E-state index in [0.717, 1.165) is 0 Å². The molecule has 0 aliphatic heterocycles. The van der Waals surface area contributed by atoms with Crippen LogP contribution in [0.25, 0.3) is 24.6 Å². The van der Waals surface area contributed by atoms with Crippen molar-refractivity contribution in [2.75, 3.05) is 0 Å². The van der Waals surface area contributed by atoms with Gasteiger partial charge in [0.2, 0.25) is 0 Å². The van der Waals surface area contributed by atoms with Gasteiger partial charge >= 0.3 is 105 Å². The fourth-order valence-corrected chi connectivity index (χ4v) is 0. The molecule has 0 aromatic rings. The maximum absolute atomic E-state index is 3.25. The van der Waals surface area contributed by atoms with E-state index < -0.39 is 0 Å². The van der Waals surface area contributed by atoms with Gasteiger partial charge in [-0.25, -0.2) is 0 Å². The summed E-state index contributed by atoms with van der Waals surface area (Å²) in [6, 6.07) is 0. The van der Waals surface area contributed by atoms with Gasteiger partial charge in [-0.05, 0) is 0 Å². The number of hydrogen-bond donors (Lipinski definition) is 0. The fourth-order valence-electron chi connectivity index (χ4n) is 0. The minimum atomic E-state index is 0. The molecule has 0 aliphatic carbocycles. The molecule has 4 nitrogen and oxygen atoms in total. The summed E-state index contributed by atoms with van der Waals surface area (Å²) in [7, 11) is 0. The summed E-state index contributed by atoms with van der Waals surface area (Å²) in [6.45, 7) is 40.0. The molecule has 0 aliphatic rings. The SMILES string of the molecule is [CH2-]C.[CH2-]C.[CH2-]C.[CH2-]C.[CH2-]C.[CH2-]C.[CH2-]C.[CH2-]C.[NH2-].[NH2-].[NH2-].[NH2-].[Zr+3].[Zr+3].[Zr+3].[Zr+3]. The zero-order valence-corrected chi connectivity index (χ0v) is 27.8. The van der Waals surface area contributed by atoms with E-state index in [-0.39, 0.29) is 129 Å². The molecule has 0 bridgehead atoms. The normalized spacial score (nSPS) is 2.00. The Morgan fingerprint density at radius 1 is 0.208 bits per heavy atom. The summed E-state index contributed by atoms with van der Waals surface area (Å²) >= 11 is 0. The number of nitrogens with two attached hydrogens (primary N) is 4. The third-order valence-electron chi connectivity index (χ3n) is 0. The van der Waals surface area contributed by atoms with Crippen LogP contribution in [0, 0.1) is 55.4 Å². The van der Waals surface area contributed by atoms with E-state index in [2.05, 4.69) is 55.4 Å². The molecule has 0 saturated carbocycles. The largest absolute Gasteiger partial charge is 3.00 e. The van der Waals surface area contributed by atoms with Crippen molar-refractivity contribution in [3.05, 3.63) is 80.0 Å². The Balaban J connectivity index is -0.00000000208. The first-order valence-corrected chi connectivity index (χ1v) is 5.66. The van der Waals surface area contributed by atoms with Crippen molar-refractivity contribution in [2.24, 2.45) is 0 Å². The van der Waals surface area contributed by atoms with Gasteiger partial charge in [0.25, 0.3) is 0 Å². The average Bonchev–Trinajstić information content (AvgIpc) is 2.54. The maximum atomic E-state index is 3.25. The smallest absolute Gasteiger partial charge is 0.693 e. The van der Waals surface area contributed by atoms with Crippen LogP contribution in [0.5, 0.6) is 0 Å². The molecular formula is C16H48N4Zr4. The second-order valence-electron chi connectivity index (χ2n) is 0. The van der Waals surface area contributed by atoms with Gasteiger partial charge in [-0.3, -0.25) is 0 Å². The van der Waals surface area contributed by atoms with Gasteiger partial charge in [-0.2, -0.15) is 55.4 Å². The van der Waals surface area contributed by atoms with Crippen LogP contribution in [0.15, 0.2) is 0 Å². The Morgan fingerprint density at radius 2 is 0.208 bits per heavy atom. The summed E-state index contributed by atoms with van der Waals surface area (Å²) in [5, 5.41) is 0. The van der Waals surface area contributed by atoms with Crippen molar-refractivity contribution >= 4 is 0 Å². The van der Waals surface area contributed by atoms with E-state index in [9.17, 15) is 0 Å². The van der Waals surface area contributed by atoms with Gasteiger partial charge in [-0.15, -0.1) is 0 Å². The fraction of sp³-hybridized carbons (Fsp3) is 0.500. The van der Waals surface area contributed by atoms with E-state index in [0.29, 0.717) is 0 Å². The Hall–Kier alpha value is 3.37. The van der Waals surface area contributed by atoms with E-state index in [1.807, 2.05) is 0 Å². The van der Waals surface area contributed by atoms with Crippen LogP contribution < -0.4 is 0 Å². The van der Waals surface area contributed by atoms with Crippen molar-refractivity contribution < 1.29 is 105 Å². The van der Waals surface area contributed by atoms with Gasteiger partial charge in [-0.1, -0.05) is 0 Å².